The lowest BCUT2D eigenvalue weighted by Gasteiger charge is -2.11. The highest BCUT2D eigenvalue weighted by atomic mass is 32.1. The normalized spacial score (nSPS) is 9.73. The van der Waals surface area contributed by atoms with Crippen LogP contribution in [0.1, 0.15) is 0 Å². The molecule has 15 heavy (non-hydrogen) atoms. The van der Waals surface area contributed by atoms with Crippen molar-refractivity contribution in [2.75, 3.05) is 10.0 Å². The molecule has 0 saturated carbocycles. The molecule has 0 aliphatic rings. The van der Waals surface area contributed by atoms with Crippen molar-refractivity contribution in [2.45, 2.75) is 0 Å². The fourth-order valence-corrected chi connectivity index (χ4v) is 1.66. The first kappa shape index (κ1) is 11.2. The van der Waals surface area contributed by atoms with Crippen LogP contribution in [0.3, 0.4) is 0 Å². The first-order valence-corrected chi connectivity index (χ1v) is 4.53. The van der Waals surface area contributed by atoms with E-state index in [0.717, 1.165) is 21.4 Å². The molecule has 0 aromatic carbocycles. The van der Waals surface area contributed by atoms with E-state index < -0.39 is 12.1 Å². The van der Waals surface area contributed by atoms with Crippen LogP contribution in [0, 0.1) is 0 Å². The number of rotatable bonds is 2. The smallest absolute Gasteiger partial charge is 0.334 e. The fourth-order valence-electron chi connectivity index (χ4n) is 0.794. The zero-order valence-electron chi connectivity index (χ0n) is 7.58. The largest absolute Gasteiger partial charge is 0.350 e. The van der Waals surface area contributed by atoms with Crippen LogP contribution in [0.2, 0.25) is 0 Å². The van der Waals surface area contributed by atoms with E-state index in [1.54, 1.807) is 0 Å². The molecule has 0 bridgehead atoms. The van der Waals surface area contributed by atoms with Gasteiger partial charge in [0.2, 0.25) is 0 Å². The third kappa shape index (κ3) is 2.34. The summed E-state index contributed by atoms with van der Waals surface area (Å²) in [6, 6.07) is 1.36. The Hall–Kier alpha value is -1.84. The molecular weight excluding hydrogens is 220 g/mol. The third-order valence-corrected chi connectivity index (χ3v) is 2.61. The summed E-state index contributed by atoms with van der Waals surface area (Å²) in [5.41, 5.74) is 9.89. The first-order chi connectivity index (χ1) is 6.93. The Bertz CT molecular complexity index is 356. The average Bonchev–Trinajstić information content (AvgIpc) is 2.63. The molecule has 1 aromatic heterocycles. The van der Waals surface area contributed by atoms with Gasteiger partial charge in [0.25, 0.3) is 0 Å². The number of urea groups is 2. The van der Waals surface area contributed by atoms with Gasteiger partial charge in [0, 0.05) is 0 Å². The van der Waals surface area contributed by atoms with Gasteiger partial charge < -0.3 is 11.5 Å². The van der Waals surface area contributed by atoms with Crippen molar-refractivity contribution in [3.05, 3.63) is 12.1 Å². The maximum atomic E-state index is 10.7. The second-order valence-corrected chi connectivity index (χ2v) is 3.57. The molecular formula is C6H10N6O2S. The number of thiophene rings is 1. The summed E-state index contributed by atoms with van der Waals surface area (Å²) in [4.78, 5) is 21.4. The van der Waals surface area contributed by atoms with Crippen LogP contribution < -0.4 is 33.2 Å². The number of hydrogen-bond acceptors (Lipinski definition) is 5. The Morgan fingerprint density at radius 3 is 1.60 bits per heavy atom. The van der Waals surface area contributed by atoms with Crippen molar-refractivity contribution in [2.24, 2.45) is 23.2 Å². The van der Waals surface area contributed by atoms with Crippen LogP contribution in [0.5, 0.6) is 0 Å². The fraction of sp³-hybridized carbons (Fsp3) is 0. The van der Waals surface area contributed by atoms with Crippen molar-refractivity contribution in [1.82, 2.24) is 0 Å². The molecule has 82 valence electrons. The van der Waals surface area contributed by atoms with E-state index in [1.807, 2.05) is 0 Å². The molecule has 0 aliphatic carbocycles. The van der Waals surface area contributed by atoms with E-state index in [9.17, 15) is 9.59 Å². The maximum Gasteiger partial charge on any atom is 0.334 e. The molecule has 0 atom stereocenters. The van der Waals surface area contributed by atoms with E-state index in [1.165, 1.54) is 12.1 Å². The van der Waals surface area contributed by atoms with Crippen molar-refractivity contribution in [3.8, 4) is 0 Å². The van der Waals surface area contributed by atoms with Gasteiger partial charge in [0.05, 0.1) is 0 Å². The molecule has 0 fully saturated rings. The van der Waals surface area contributed by atoms with Gasteiger partial charge in [-0.1, -0.05) is 11.3 Å². The van der Waals surface area contributed by atoms with Crippen molar-refractivity contribution < 1.29 is 9.59 Å². The standard InChI is InChI=1S/C6H10N6O2S/c7-5(13)11(9)3-1-2-4(15-3)12(10)6(8)14/h1-2H,9-10H2,(H2,7,13)(H2,8,14). The summed E-state index contributed by atoms with van der Waals surface area (Å²) in [6.45, 7) is 0. The topological polar surface area (TPSA) is 145 Å². The zero-order chi connectivity index (χ0) is 11.6. The molecule has 8 N–H and O–H groups in total. The summed E-state index contributed by atoms with van der Waals surface area (Å²) in [6.07, 6.45) is 0. The Labute approximate surface area is 88.9 Å². The lowest BCUT2D eigenvalue weighted by Crippen LogP contribution is -2.41. The quantitative estimate of drug-likeness (QED) is 0.301. The van der Waals surface area contributed by atoms with Gasteiger partial charge in [0.15, 0.2) is 0 Å². The van der Waals surface area contributed by atoms with Gasteiger partial charge >= 0.3 is 12.1 Å². The van der Waals surface area contributed by atoms with Crippen molar-refractivity contribution >= 4 is 33.4 Å². The molecule has 0 spiro atoms. The summed E-state index contributed by atoms with van der Waals surface area (Å²) >= 11 is 1.01. The number of anilines is 2. The molecule has 0 aliphatic heterocycles. The number of primary amides is 2. The molecule has 0 radical (unpaired) electrons. The minimum Gasteiger partial charge on any atom is -0.350 e. The lowest BCUT2D eigenvalue weighted by molar-refractivity contribution is 0.253. The number of hydrogen-bond donors (Lipinski definition) is 4. The second-order valence-electron chi connectivity index (χ2n) is 2.53. The van der Waals surface area contributed by atoms with Gasteiger partial charge in [-0.3, -0.25) is 0 Å². The number of carbonyl (C=O) groups is 2. The van der Waals surface area contributed by atoms with E-state index >= 15 is 0 Å². The molecule has 1 heterocycles. The third-order valence-electron chi connectivity index (χ3n) is 1.53. The number of nitrogens with zero attached hydrogens (tertiary/aromatic N) is 2. The van der Waals surface area contributed by atoms with Crippen LogP contribution >= 0.6 is 11.3 Å². The van der Waals surface area contributed by atoms with Gasteiger partial charge in [-0.2, -0.15) is 0 Å². The molecule has 0 saturated heterocycles. The highest BCUT2D eigenvalue weighted by Crippen LogP contribution is 2.29. The van der Waals surface area contributed by atoms with Crippen LogP contribution in [0.4, 0.5) is 19.6 Å². The number of hydrazine groups is 2. The number of nitrogens with two attached hydrogens (primary N) is 4. The highest BCUT2D eigenvalue weighted by molar-refractivity contribution is 7.20. The molecule has 4 amide bonds. The summed E-state index contributed by atoms with van der Waals surface area (Å²) in [7, 11) is 0. The Balaban J connectivity index is 2.89. The molecule has 1 rings (SSSR count). The van der Waals surface area contributed by atoms with Crippen LogP contribution in [-0.4, -0.2) is 12.1 Å². The number of amides is 4. The van der Waals surface area contributed by atoms with E-state index in [-0.39, 0.29) is 0 Å². The zero-order valence-corrected chi connectivity index (χ0v) is 8.40. The first-order valence-electron chi connectivity index (χ1n) is 3.72. The van der Waals surface area contributed by atoms with Gasteiger partial charge in [0.1, 0.15) is 10.0 Å². The number of carbonyl (C=O) groups excluding carboxylic acids is 2. The van der Waals surface area contributed by atoms with Crippen molar-refractivity contribution in [1.29, 1.82) is 0 Å². The Morgan fingerprint density at radius 1 is 1.00 bits per heavy atom. The summed E-state index contributed by atoms with van der Waals surface area (Å²) in [5.74, 6) is 10.6. The van der Waals surface area contributed by atoms with Gasteiger partial charge in [-0.25, -0.2) is 31.3 Å². The highest BCUT2D eigenvalue weighted by Gasteiger charge is 2.14. The minimum atomic E-state index is -0.814. The monoisotopic (exact) mass is 230 g/mol. The molecule has 8 nitrogen and oxygen atoms in total. The van der Waals surface area contributed by atoms with Crippen LogP contribution in [-0.2, 0) is 0 Å². The predicted molar refractivity (Wildman–Crippen MR) is 56.8 cm³/mol. The van der Waals surface area contributed by atoms with Crippen molar-refractivity contribution in [3.63, 3.8) is 0 Å². The SMILES string of the molecule is NC(=O)N(N)c1ccc(N(N)C(N)=O)s1. The molecule has 0 unspecified atom stereocenters. The van der Waals surface area contributed by atoms with Gasteiger partial charge in [-0.15, -0.1) is 0 Å². The molecule has 1 aromatic rings. The lowest BCUT2D eigenvalue weighted by atomic mass is 10.5. The van der Waals surface area contributed by atoms with Crippen LogP contribution in [0.15, 0.2) is 12.1 Å². The van der Waals surface area contributed by atoms with Gasteiger partial charge in [-0.05, 0) is 12.1 Å². The van der Waals surface area contributed by atoms with Crippen LogP contribution in [0.25, 0.3) is 0 Å². The van der Waals surface area contributed by atoms with E-state index in [2.05, 4.69) is 0 Å². The second kappa shape index (κ2) is 4.13. The average molecular weight is 230 g/mol. The molecule has 9 heteroatoms. The minimum absolute atomic E-state index is 0.356. The summed E-state index contributed by atoms with van der Waals surface area (Å²) in [5, 5.41) is 2.19. The maximum absolute atomic E-state index is 10.7. The van der Waals surface area contributed by atoms with E-state index in [0.29, 0.717) is 10.0 Å². The summed E-state index contributed by atoms with van der Waals surface area (Å²) < 4.78 is 0. The predicted octanol–water partition coefficient (Wildman–Crippen LogP) is -0.734. The Morgan fingerprint density at radius 2 is 1.33 bits per heavy atom. The Kier molecular flexibility index (Phi) is 3.09. The van der Waals surface area contributed by atoms with E-state index in [4.69, 9.17) is 23.2 Å².